The van der Waals surface area contributed by atoms with Crippen molar-refractivity contribution < 1.29 is 18.7 Å². The number of aromatic nitrogens is 5. The maximum absolute atomic E-state index is 13.5. The zero-order valence-electron chi connectivity index (χ0n) is 17.9. The van der Waals surface area contributed by atoms with Crippen LogP contribution in [0.25, 0.3) is 5.69 Å². The third-order valence-electron chi connectivity index (χ3n) is 4.94. The molecule has 0 saturated heterocycles. The lowest BCUT2D eigenvalue weighted by molar-refractivity contribution is -0.113. The number of nitrogens with one attached hydrogen (secondary N) is 3. The summed E-state index contributed by atoms with van der Waals surface area (Å²) >= 11 is 1.12. The highest BCUT2D eigenvalue weighted by molar-refractivity contribution is 7.99. The Labute approximate surface area is 200 Å². The van der Waals surface area contributed by atoms with Crippen molar-refractivity contribution in [3.8, 4) is 17.2 Å². The summed E-state index contributed by atoms with van der Waals surface area (Å²) in [6, 6.07) is 12.0. The van der Waals surface area contributed by atoms with Crippen molar-refractivity contribution in [3.63, 3.8) is 0 Å². The van der Waals surface area contributed by atoms with Crippen LogP contribution in [-0.4, -0.2) is 43.2 Å². The third kappa shape index (κ3) is 5.09. The maximum Gasteiger partial charge on any atom is 0.325 e. The largest absolute Gasteiger partial charge is 0.454 e. The van der Waals surface area contributed by atoms with Crippen molar-refractivity contribution in [2.45, 2.75) is 11.6 Å². The van der Waals surface area contributed by atoms with E-state index < -0.39 is 17.1 Å². The molecule has 1 amide bonds. The number of H-pyrrole nitrogens is 2. The fraction of sp³-hybridized carbons (Fsp3) is 0.136. The van der Waals surface area contributed by atoms with Gasteiger partial charge in [0.25, 0.3) is 5.56 Å². The molecule has 2 aromatic carbocycles. The number of aromatic amines is 2. The van der Waals surface area contributed by atoms with Crippen molar-refractivity contribution in [2.75, 3.05) is 17.9 Å². The summed E-state index contributed by atoms with van der Waals surface area (Å²) in [5.74, 6) is 0.849. The van der Waals surface area contributed by atoms with Crippen LogP contribution in [0.3, 0.4) is 0 Å². The summed E-state index contributed by atoms with van der Waals surface area (Å²) in [6.07, 6.45) is 0.0769. The van der Waals surface area contributed by atoms with Crippen LogP contribution in [0, 0.1) is 5.82 Å². The number of hydrogen-bond donors (Lipinski definition) is 3. The summed E-state index contributed by atoms with van der Waals surface area (Å²) < 4.78 is 25.7. The number of halogens is 1. The lowest BCUT2D eigenvalue weighted by Gasteiger charge is -2.11. The Morgan fingerprint density at radius 2 is 1.86 bits per heavy atom. The molecule has 0 radical (unpaired) electrons. The van der Waals surface area contributed by atoms with Crippen LogP contribution in [0.15, 0.2) is 63.3 Å². The number of hydrogen-bond acceptors (Lipinski definition) is 8. The van der Waals surface area contributed by atoms with Gasteiger partial charge in [0.2, 0.25) is 12.7 Å². The minimum atomic E-state index is -0.643. The lowest BCUT2D eigenvalue weighted by Crippen LogP contribution is -2.23. The number of benzene rings is 2. The van der Waals surface area contributed by atoms with Gasteiger partial charge in [-0.1, -0.05) is 11.8 Å². The monoisotopic (exact) mass is 496 g/mol. The number of amides is 1. The summed E-state index contributed by atoms with van der Waals surface area (Å²) in [5, 5.41) is 11.5. The SMILES string of the molecule is O=C(CSc1nnc(Cc2cc(=O)[nH]c(=O)[nH]2)n1-c1ccc(F)cc1)Nc1ccc2c(c1)OCO2. The van der Waals surface area contributed by atoms with Gasteiger partial charge in [-0.15, -0.1) is 10.2 Å². The molecule has 2 aromatic heterocycles. The first-order chi connectivity index (χ1) is 16.9. The quantitative estimate of drug-likeness (QED) is 0.329. The Bertz CT molecular complexity index is 1490. The van der Waals surface area contributed by atoms with E-state index in [-0.39, 0.29) is 24.9 Å². The second-order valence-electron chi connectivity index (χ2n) is 7.41. The lowest BCUT2D eigenvalue weighted by atomic mass is 10.2. The Balaban J connectivity index is 1.37. The minimum absolute atomic E-state index is 0.00953. The molecule has 3 N–H and O–H groups in total. The molecule has 3 heterocycles. The van der Waals surface area contributed by atoms with Gasteiger partial charge in [-0.05, 0) is 36.4 Å². The molecule has 0 unspecified atom stereocenters. The van der Waals surface area contributed by atoms with Crippen molar-refractivity contribution in [2.24, 2.45) is 0 Å². The molecular weight excluding hydrogens is 479 g/mol. The van der Waals surface area contributed by atoms with Gasteiger partial charge in [0.05, 0.1) is 5.75 Å². The molecule has 1 aliphatic heterocycles. The van der Waals surface area contributed by atoms with Gasteiger partial charge in [-0.25, -0.2) is 9.18 Å². The first-order valence-corrected chi connectivity index (χ1v) is 11.3. The second-order valence-corrected chi connectivity index (χ2v) is 8.35. The standard InChI is InChI=1S/C22H17FN6O5S/c23-12-1-4-15(5-2-12)29-18(8-14-9-19(30)26-21(32)25-14)27-28-22(29)35-10-20(31)24-13-3-6-16-17(7-13)34-11-33-16/h1-7,9H,8,10-11H2,(H,24,31)(H2,25,26,30,32). The van der Waals surface area contributed by atoms with E-state index >= 15 is 0 Å². The first kappa shape index (κ1) is 22.4. The van der Waals surface area contributed by atoms with Crippen molar-refractivity contribution in [1.82, 2.24) is 24.7 Å². The van der Waals surface area contributed by atoms with Crippen LogP contribution in [0.1, 0.15) is 11.5 Å². The zero-order chi connectivity index (χ0) is 24.4. The number of rotatable bonds is 7. The van der Waals surface area contributed by atoms with Crippen LogP contribution >= 0.6 is 11.8 Å². The van der Waals surface area contributed by atoms with E-state index in [9.17, 15) is 18.8 Å². The van der Waals surface area contributed by atoms with Gasteiger partial charge in [0.1, 0.15) is 11.6 Å². The zero-order valence-corrected chi connectivity index (χ0v) is 18.7. The van der Waals surface area contributed by atoms with Crippen LogP contribution in [0.5, 0.6) is 11.5 Å². The molecule has 5 rings (SSSR count). The highest BCUT2D eigenvalue weighted by Crippen LogP contribution is 2.34. The molecular formula is C22H17FN6O5S. The van der Waals surface area contributed by atoms with E-state index in [2.05, 4.69) is 25.5 Å². The molecule has 0 spiro atoms. The van der Waals surface area contributed by atoms with Crippen LogP contribution in [0.4, 0.5) is 10.1 Å². The summed E-state index contributed by atoms with van der Waals surface area (Å²) in [6.45, 7) is 0.134. The molecule has 0 fully saturated rings. The van der Waals surface area contributed by atoms with E-state index in [1.54, 1.807) is 34.9 Å². The van der Waals surface area contributed by atoms with Crippen LogP contribution < -0.4 is 26.0 Å². The summed E-state index contributed by atoms with van der Waals surface area (Å²) in [4.78, 5) is 40.5. The molecule has 1 aliphatic rings. The Hall–Kier alpha value is -4.39. The molecule has 11 nitrogen and oxygen atoms in total. The molecule has 178 valence electrons. The van der Waals surface area contributed by atoms with E-state index in [1.165, 1.54) is 18.2 Å². The minimum Gasteiger partial charge on any atom is -0.454 e. The molecule has 13 heteroatoms. The Kier molecular flexibility index (Phi) is 6.06. The average Bonchev–Trinajstić information content (AvgIpc) is 3.44. The number of anilines is 1. The highest BCUT2D eigenvalue weighted by atomic mass is 32.2. The normalized spacial score (nSPS) is 12.0. The maximum atomic E-state index is 13.5. The van der Waals surface area contributed by atoms with Crippen molar-refractivity contribution in [1.29, 1.82) is 0 Å². The Morgan fingerprint density at radius 1 is 1.06 bits per heavy atom. The molecule has 4 aromatic rings. The van der Waals surface area contributed by atoms with Gasteiger partial charge in [-0.3, -0.25) is 19.1 Å². The van der Waals surface area contributed by atoms with Gasteiger partial charge in [0, 0.05) is 35.6 Å². The number of nitrogens with zero attached hydrogens (tertiary/aromatic N) is 3. The first-order valence-electron chi connectivity index (χ1n) is 10.3. The van der Waals surface area contributed by atoms with Gasteiger partial charge in [0.15, 0.2) is 16.7 Å². The molecule has 35 heavy (non-hydrogen) atoms. The number of fused-ring (bicyclic) bond motifs is 1. The van der Waals surface area contributed by atoms with E-state index in [4.69, 9.17) is 9.47 Å². The third-order valence-corrected chi connectivity index (χ3v) is 5.87. The second kappa shape index (κ2) is 9.46. The average molecular weight is 496 g/mol. The molecule has 0 bridgehead atoms. The van der Waals surface area contributed by atoms with Gasteiger partial charge >= 0.3 is 5.69 Å². The molecule has 0 saturated carbocycles. The predicted octanol–water partition coefficient (Wildman–Crippen LogP) is 1.83. The predicted molar refractivity (Wildman–Crippen MR) is 124 cm³/mol. The molecule has 0 aliphatic carbocycles. The fourth-order valence-corrected chi connectivity index (χ4v) is 4.22. The number of carbonyl (C=O) groups excluding carboxylic acids is 1. The van der Waals surface area contributed by atoms with Crippen LogP contribution in [0.2, 0.25) is 0 Å². The van der Waals surface area contributed by atoms with E-state index in [1.807, 2.05) is 0 Å². The van der Waals surface area contributed by atoms with Crippen molar-refractivity contribution in [3.05, 3.63) is 86.7 Å². The van der Waals surface area contributed by atoms with Crippen LogP contribution in [-0.2, 0) is 11.2 Å². The summed E-state index contributed by atoms with van der Waals surface area (Å²) in [5.41, 5.74) is 0.240. The number of ether oxygens (including phenoxy) is 2. The fourth-order valence-electron chi connectivity index (χ4n) is 3.44. The topological polar surface area (TPSA) is 144 Å². The number of thioether (sulfide) groups is 1. The highest BCUT2D eigenvalue weighted by Gasteiger charge is 2.18. The van der Waals surface area contributed by atoms with Gasteiger partial charge < -0.3 is 19.8 Å². The van der Waals surface area contributed by atoms with E-state index in [0.717, 1.165) is 11.8 Å². The Morgan fingerprint density at radius 3 is 2.66 bits per heavy atom. The van der Waals surface area contributed by atoms with E-state index in [0.29, 0.717) is 39.5 Å². The summed E-state index contributed by atoms with van der Waals surface area (Å²) in [7, 11) is 0. The smallest absolute Gasteiger partial charge is 0.325 e. The number of carbonyl (C=O) groups is 1. The van der Waals surface area contributed by atoms with Crippen molar-refractivity contribution >= 4 is 23.4 Å². The van der Waals surface area contributed by atoms with Gasteiger partial charge in [-0.2, -0.15) is 0 Å². The molecule has 0 atom stereocenters.